The number of thiocarbonyl (C=S) groups is 1. The van der Waals surface area contributed by atoms with Crippen molar-refractivity contribution < 1.29 is 4.74 Å². The predicted octanol–water partition coefficient (Wildman–Crippen LogP) is 6.87. The maximum atomic E-state index is 6.05. The fourth-order valence-corrected chi connectivity index (χ4v) is 4.75. The van der Waals surface area contributed by atoms with Crippen molar-refractivity contribution in [2.45, 2.75) is 19.4 Å². The highest BCUT2D eigenvalue weighted by Gasteiger charge is 2.18. The molecule has 7 heteroatoms. The van der Waals surface area contributed by atoms with Crippen molar-refractivity contribution in [1.29, 1.82) is 0 Å². The van der Waals surface area contributed by atoms with Crippen LogP contribution >= 0.6 is 67.3 Å². The standard InChI is InChI=1S/C18H15Br2Cl2NOS/c19-13-8-12(18(25)23-5-1-2-6-23)9-14(20)17(13)24-10-11-3-4-15(21)16(22)7-11/h3-4,7-9H,1-2,5-6,10H2. The van der Waals surface area contributed by atoms with Crippen LogP contribution in [0.3, 0.4) is 0 Å². The molecule has 0 atom stereocenters. The monoisotopic (exact) mass is 521 g/mol. The van der Waals surface area contributed by atoms with E-state index in [0.717, 1.165) is 43.9 Å². The second-order valence-corrected chi connectivity index (χ2v) is 8.72. The van der Waals surface area contributed by atoms with Gasteiger partial charge in [0, 0.05) is 18.7 Å². The Morgan fingerprint density at radius 2 is 1.68 bits per heavy atom. The molecule has 1 fully saturated rings. The van der Waals surface area contributed by atoms with Crippen LogP contribution in [0.15, 0.2) is 39.3 Å². The van der Waals surface area contributed by atoms with Gasteiger partial charge >= 0.3 is 0 Å². The Labute approximate surface area is 179 Å². The van der Waals surface area contributed by atoms with Crippen molar-refractivity contribution in [2.24, 2.45) is 0 Å². The summed E-state index contributed by atoms with van der Waals surface area (Å²) in [6, 6.07) is 9.49. The van der Waals surface area contributed by atoms with Crippen LogP contribution in [0.2, 0.25) is 10.0 Å². The Hall–Kier alpha value is -0.330. The molecule has 25 heavy (non-hydrogen) atoms. The van der Waals surface area contributed by atoms with Gasteiger partial charge in [0.2, 0.25) is 0 Å². The second-order valence-electron chi connectivity index (χ2n) is 5.81. The minimum atomic E-state index is 0.393. The lowest BCUT2D eigenvalue weighted by molar-refractivity contribution is 0.302. The summed E-state index contributed by atoms with van der Waals surface area (Å²) in [5.74, 6) is 0.735. The SMILES string of the molecule is S=C(c1cc(Br)c(OCc2ccc(Cl)c(Cl)c2)c(Br)c1)N1CCCC1. The fraction of sp³-hybridized carbons (Fsp3) is 0.278. The van der Waals surface area contributed by atoms with Gasteiger partial charge in [-0.3, -0.25) is 0 Å². The van der Waals surface area contributed by atoms with E-state index in [1.54, 1.807) is 6.07 Å². The van der Waals surface area contributed by atoms with Gasteiger partial charge in [-0.15, -0.1) is 0 Å². The maximum Gasteiger partial charge on any atom is 0.148 e. The van der Waals surface area contributed by atoms with Crippen LogP contribution in [0.5, 0.6) is 5.75 Å². The maximum absolute atomic E-state index is 6.05. The van der Waals surface area contributed by atoms with Gasteiger partial charge in [-0.05, 0) is 74.5 Å². The van der Waals surface area contributed by atoms with Crippen molar-refractivity contribution >= 4 is 72.3 Å². The van der Waals surface area contributed by atoms with Gasteiger partial charge in [-0.1, -0.05) is 41.5 Å². The van der Waals surface area contributed by atoms with Crippen LogP contribution in [0.25, 0.3) is 0 Å². The second kappa shape index (κ2) is 8.57. The van der Waals surface area contributed by atoms with E-state index >= 15 is 0 Å². The van der Waals surface area contributed by atoms with E-state index in [0.29, 0.717) is 16.7 Å². The highest BCUT2D eigenvalue weighted by Crippen LogP contribution is 2.36. The molecule has 0 N–H and O–H groups in total. The molecule has 0 bridgehead atoms. The van der Waals surface area contributed by atoms with Crippen molar-refractivity contribution in [3.05, 3.63) is 60.4 Å². The van der Waals surface area contributed by atoms with E-state index < -0.39 is 0 Å². The van der Waals surface area contributed by atoms with Crippen molar-refractivity contribution in [2.75, 3.05) is 13.1 Å². The first-order valence-corrected chi connectivity index (χ1v) is 10.6. The Balaban J connectivity index is 1.75. The zero-order valence-corrected chi connectivity index (χ0v) is 18.7. The summed E-state index contributed by atoms with van der Waals surface area (Å²) in [4.78, 5) is 3.13. The number of ether oxygens (including phenoxy) is 1. The number of halogens is 4. The third-order valence-electron chi connectivity index (χ3n) is 4.01. The van der Waals surface area contributed by atoms with E-state index in [2.05, 4.69) is 36.8 Å². The van der Waals surface area contributed by atoms with E-state index in [1.165, 1.54) is 12.8 Å². The van der Waals surface area contributed by atoms with Gasteiger partial charge in [-0.2, -0.15) is 0 Å². The summed E-state index contributed by atoms with van der Waals surface area (Å²) >= 11 is 24.8. The molecule has 0 amide bonds. The number of benzene rings is 2. The van der Waals surface area contributed by atoms with Gasteiger partial charge in [0.1, 0.15) is 17.3 Å². The minimum absolute atomic E-state index is 0.393. The van der Waals surface area contributed by atoms with Gasteiger partial charge in [0.25, 0.3) is 0 Å². The van der Waals surface area contributed by atoms with Crippen LogP contribution in [0.1, 0.15) is 24.0 Å². The van der Waals surface area contributed by atoms with E-state index in [4.69, 9.17) is 40.2 Å². The molecule has 2 aromatic rings. The van der Waals surface area contributed by atoms with Crippen molar-refractivity contribution in [3.8, 4) is 5.75 Å². The molecule has 132 valence electrons. The first-order chi connectivity index (χ1) is 12.0. The number of hydrogen-bond acceptors (Lipinski definition) is 2. The number of nitrogens with zero attached hydrogens (tertiary/aromatic N) is 1. The third kappa shape index (κ3) is 4.69. The lowest BCUT2D eigenvalue weighted by atomic mass is 10.2. The lowest BCUT2D eigenvalue weighted by Gasteiger charge is -2.20. The zero-order chi connectivity index (χ0) is 18.0. The zero-order valence-electron chi connectivity index (χ0n) is 13.2. The van der Waals surface area contributed by atoms with Gasteiger partial charge in [0.05, 0.1) is 19.0 Å². The molecule has 2 nitrogen and oxygen atoms in total. The molecule has 0 spiro atoms. The molecule has 0 aliphatic carbocycles. The third-order valence-corrected chi connectivity index (χ3v) is 6.42. The molecule has 0 saturated carbocycles. The average molecular weight is 524 g/mol. The Bertz CT molecular complexity index is 787. The largest absolute Gasteiger partial charge is 0.487 e. The summed E-state index contributed by atoms with van der Waals surface area (Å²) in [5, 5.41) is 1.06. The highest BCUT2D eigenvalue weighted by atomic mass is 79.9. The molecule has 1 aliphatic heterocycles. The van der Waals surface area contributed by atoms with Crippen LogP contribution in [-0.4, -0.2) is 23.0 Å². The van der Waals surface area contributed by atoms with Crippen molar-refractivity contribution in [3.63, 3.8) is 0 Å². The van der Waals surface area contributed by atoms with E-state index in [1.807, 2.05) is 24.3 Å². The molecule has 0 aromatic heterocycles. The predicted molar refractivity (Wildman–Crippen MR) is 115 cm³/mol. The summed E-state index contributed by atoms with van der Waals surface area (Å²) in [6.45, 7) is 2.46. The average Bonchev–Trinajstić information content (AvgIpc) is 3.11. The molecular weight excluding hydrogens is 509 g/mol. The van der Waals surface area contributed by atoms with Crippen LogP contribution in [-0.2, 0) is 6.61 Å². The summed E-state index contributed by atoms with van der Waals surface area (Å²) < 4.78 is 7.68. The molecule has 2 aromatic carbocycles. The fourth-order valence-electron chi connectivity index (χ4n) is 2.71. The first-order valence-electron chi connectivity index (χ1n) is 7.81. The molecule has 3 rings (SSSR count). The van der Waals surface area contributed by atoms with E-state index in [-0.39, 0.29) is 0 Å². The quantitative estimate of drug-likeness (QED) is 0.406. The van der Waals surface area contributed by atoms with Gasteiger partial charge in [0.15, 0.2) is 0 Å². The van der Waals surface area contributed by atoms with E-state index in [9.17, 15) is 0 Å². The Morgan fingerprint density at radius 3 is 2.28 bits per heavy atom. The molecular formula is C18H15Br2Cl2NOS. The van der Waals surface area contributed by atoms with Crippen LogP contribution in [0, 0.1) is 0 Å². The number of hydrogen-bond donors (Lipinski definition) is 0. The molecule has 1 aliphatic rings. The Morgan fingerprint density at radius 1 is 1.04 bits per heavy atom. The molecule has 1 saturated heterocycles. The smallest absolute Gasteiger partial charge is 0.148 e. The summed E-state index contributed by atoms with van der Waals surface area (Å²) in [5.41, 5.74) is 1.96. The summed E-state index contributed by atoms with van der Waals surface area (Å²) in [7, 11) is 0. The molecule has 1 heterocycles. The van der Waals surface area contributed by atoms with Gasteiger partial charge < -0.3 is 9.64 Å². The highest BCUT2D eigenvalue weighted by molar-refractivity contribution is 9.11. The summed E-state index contributed by atoms with van der Waals surface area (Å²) in [6.07, 6.45) is 2.40. The molecule has 0 radical (unpaired) electrons. The van der Waals surface area contributed by atoms with Crippen molar-refractivity contribution in [1.82, 2.24) is 4.90 Å². The minimum Gasteiger partial charge on any atom is -0.487 e. The first kappa shape index (κ1) is 19.4. The number of rotatable bonds is 4. The van der Waals surface area contributed by atoms with Crippen LogP contribution in [0.4, 0.5) is 0 Å². The van der Waals surface area contributed by atoms with Crippen LogP contribution < -0.4 is 4.74 Å². The topological polar surface area (TPSA) is 12.5 Å². The molecule has 0 unspecified atom stereocenters. The Kier molecular flexibility index (Phi) is 6.66. The van der Waals surface area contributed by atoms with Gasteiger partial charge in [-0.25, -0.2) is 0 Å². The number of likely N-dealkylation sites (tertiary alicyclic amines) is 1. The normalized spacial score (nSPS) is 14.0. The lowest BCUT2D eigenvalue weighted by Crippen LogP contribution is -2.26.